The minimum Gasteiger partial charge on any atom is -0.496 e. The normalized spacial score (nSPS) is 10.9. The largest absolute Gasteiger partial charge is 0.496 e. The fourth-order valence-electron chi connectivity index (χ4n) is 2.40. The van der Waals surface area contributed by atoms with E-state index < -0.39 is 5.91 Å². The van der Waals surface area contributed by atoms with E-state index in [9.17, 15) is 4.79 Å². The number of aromatic nitrogens is 2. The van der Waals surface area contributed by atoms with Gasteiger partial charge in [0, 0.05) is 16.8 Å². The number of nitrogens with zero attached hydrogens (tertiary/aromatic N) is 3. The molecular formula is C19H16BrClN4O2. The zero-order valence-electron chi connectivity index (χ0n) is 14.4. The van der Waals surface area contributed by atoms with E-state index in [-0.39, 0.29) is 5.69 Å². The summed E-state index contributed by atoms with van der Waals surface area (Å²) in [6, 6.07) is 14.8. The van der Waals surface area contributed by atoms with Crippen molar-refractivity contribution in [3.05, 3.63) is 81.0 Å². The summed E-state index contributed by atoms with van der Waals surface area (Å²) in [6.07, 6.45) is 3.27. The van der Waals surface area contributed by atoms with Gasteiger partial charge in [0.2, 0.25) is 0 Å². The number of hydrogen-bond donors (Lipinski definition) is 1. The average molecular weight is 448 g/mol. The minimum absolute atomic E-state index is 0.251. The predicted molar refractivity (Wildman–Crippen MR) is 109 cm³/mol. The Morgan fingerprint density at radius 2 is 2.04 bits per heavy atom. The second-order valence-corrected chi connectivity index (χ2v) is 6.88. The van der Waals surface area contributed by atoms with Crippen molar-refractivity contribution in [2.24, 2.45) is 5.10 Å². The smallest absolute Gasteiger partial charge is 0.293 e. The van der Waals surface area contributed by atoms with Gasteiger partial charge in [-0.2, -0.15) is 10.2 Å². The first-order chi connectivity index (χ1) is 13.1. The fraction of sp³-hybridized carbons (Fsp3) is 0.105. The van der Waals surface area contributed by atoms with Crippen molar-refractivity contribution in [2.75, 3.05) is 7.11 Å². The molecule has 1 heterocycles. The first kappa shape index (κ1) is 19.1. The summed E-state index contributed by atoms with van der Waals surface area (Å²) in [7, 11) is 1.58. The summed E-state index contributed by atoms with van der Waals surface area (Å²) in [5, 5.41) is 8.97. The maximum absolute atomic E-state index is 12.3. The molecular weight excluding hydrogens is 432 g/mol. The lowest BCUT2D eigenvalue weighted by Gasteiger charge is -2.03. The maximum Gasteiger partial charge on any atom is 0.293 e. The van der Waals surface area contributed by atoms with E-state index in [2.05, 4.69) is 31.6 Å². The molecule has 0 aliphatic rings. The number of halogens is 2. The molecule has 1 amide bonds. The van der Waals surface area contributed by atoms with Gasteiger partial charge in [0.25, 0.3) is 5.91 Å². The molecule has 0 aliphatic carbocycles. The zero-order chi connectivity index (χ0) is 19.2. The van der Waals surface area contributed by atoms with E-state index >= 15 is 0 Å². The summed E-state index contributed by atoms with van der Waals surface area (Å²) in [6.45, 7) is 0.521. The third-order valence-corrected chi connectivity index (χ3v) is 4.53. The first-order valence-corrected chi connectivity index (χ1v) is 9.17. The van der Waals surface area contributed by atoms with Gasteiger partial charge in [-0.25, -0.2) is 5.43 Å². The van der Waals surface area contributed by atoms with Crippen molar-refractivity contribution in [1.82, 2.24) is 15.2 Å². The number of ether oxygens (including phenoxy) is 1. The molecule has 0 unspecified atom stereocenters. The van der Waals surface area contributed by atoms with Crippen molar-refractivity contribution in [3.63, 3.8) is 0 Å². The van der Waals surface area contributed by atoms with Gasteiger partial charge in [-0.15, -0.1) is 0 Å². The van der Waals surface area contributed by atoms with Gasteiger partial charge < -0.3 is 4.74 Å². The Bertz CT molecular complexity index is 970. The molecule has 0 bridgehead atoms. The number of rotatable bonds is 6. The van der Waals surface area contributed by atoms with E-state index in [4.69, 9.17) is 16.3 Å². The molecule has 0 radical (unpaired) electrons. The molecule has 0 atom stereocenters. The van der Waals surface area contributed by atoms with Crippen LogP contribution in [0.15, 0.2) is 64.3 Å². The average Bonchev–Trinajstić information content (AvgIpc) is 3.04. The van der Waals surface area contributed by atoms with Crippen LogP contribution in [0.5, 0.6) is 5.75 Å². The maximum atomic E-state index is 12.3. The van der Waals surface area contributed by atoms with Crippen LogP contribution in [0.4, 0.5) is 0 Å². The zero-order valence-corrected chi connectivity index (χ0v) is 16.7. The number of carbonyl (C=O) groups is 1. The standard InChI is InChI=1S/C19H16BrClN4O2/c1-27-17-5-3-2-4-14(17)10-22-23-19(26)18-16(20)12-25(24-18)11-13-6-8-15(21)9-7-13/h2-10,12H,11H2,1H3,(H,23,26). The summed E-state index contributed by atoms with van der Waals surface area (Å²) in [4.78, 5) is 12.3. The van der Waals surface area contributed by atoms with Crippen molar-refractivity contribution < 1.29 is 9.53 Å². The first-order valence-electron chi connectivity index (χ1n) is 8.00. The highest BCUT2D eigenvalue weighted by atomic mass is 79.9. The molecule has 0 saturated carbocycles. The van der Waals surface area contributed by atoms with Crippen LogP contribution in [0.1, 0.15) is 21.6 Å². The van der Waals surface area contributed by atoms with E-state index in [1.54, 1.807) is 18.0 Å². The van der Waals surface area contributed by atoms with E-state index in [0.717, 1.165) is 11.1 Å². The van der Waals surface area contributed by atoms with Gasteiger partial charge in [0.05, 0.1) is 24.3 Å². The Hall–Kier alpha value is -2.64. The predicted octanol–water partition coefficient (Wildman–Crippen LogP) is 4.12. The molecule has 27 heavy (non-hydrogen) atoms. The Morgan fingerprint density at radius 3 is 2.78 bits per heavy atom. The van der Waals surface area contributed by atoms with Gasteiger partial charge in [-0.3, -0.25) is 9.48 Å². The molecule has 138 valence electrons. The molecule has 2 aromatic carbocycles. The fourth-order valence-corrected chi connectivity index (χ4v) is 3.02. The van der Waals surface area contributed by atoms with Crippen LogP contribution in [0, 0.1) is 0 Å². The molecule has 0 fully saturated rings. The number of hydrazone groups is 1. The molecule has 3 aromatic rings. The Kier molecular flexibility index (Phi) is 6.26. The monoisotopic (exact) mass is 446 g/mol. The van der Waals surface area contributed by atoms with E-state index in [1.807, 2.05) is 48.5 Å². The second kappa shape index (κ2) is 8.83. The van der Waals surface area contributed by atoms with Crippen LogP contribution in [0.25, 0.3) is 0 Å². The third-order valence-electron chi connectivity index (χ3n) is 3.70. The molecule has 3 rings (SSSR count). The number of methoxy groups -OCH3 is 1. The Morgan fingerprint density at radius 1 is 1.30 bits per heavy atom. The number of hydrogen-bond acceptors (Lipinski definition) is 4. The summed E-state index contributed by atoms with van der Waals surface area (Å²) in [5.41, 5.74) is 4.51. The summed E-state index contributed by atoms with van der Waals surface area (Å²) >= 11 is 9.26. The summed E-state index contributed by atoms with van der Waals surface area (Å²) in [5.74, 6) is 0.256. The van der Waals surface area contributed by atoms with Crippen molar-refractivity contribution in [2.45, 2.75) is 6.54 Å². The number of para-hydroxylation sites is 1. The molecule has 0 saturated heterocycles. The number of nitrogens with one attached hydrogen (secondary N) is 1. The number of carbonyl (C=O) groups excluding carboxylic acids is 1. The van der Waals surface area contributed by atoms with Crippen molar-refractivity contribution >= 4 is 39.7 Å². The molecule has 0 spiro atoms. The van der Waals surface area contributed by atoms with Crippen molar-refractivity contribution in [3.8, 4) is 5.75 Å². The highest BCUT2D eigenvalue weighted by Gasteiger charge is 2.15. The third kappa shape index (κ3) is 4.96. The minimum atomic E-state index is -0.414. The molecule has 8 heteroatoms. The van der Waals surface area contributed by atoms with Gasteiger partial charge in [0.15, 0.2) is 5.69 Å². The van der Waals surface area contributed by atoms with E-state index in [0.29, 0.717) is 21.8 Å². The molecule has 1 aromatic heterocycles. The van der Waals surface area contributed by atoms with Crippen LogP contribution < -0.4 is 10.2 Å². The number of amides is 1. The highest BCUT2D eigenvalue weighted by molar-refractivity contribution is 9.10. The van der Waals surface area contributed by atoms with E-state index in [1.165, 1.54) is 6.21 Å². The van der Waals surface area contributed by atoms with Crippen LogP contribution >= 0.6 is 27.5 Å². The Balaban J connectivity index is 1.67. The highest BCUT2D eigenvalue weighted by Crippen LogP contribution is 2.17. The SMILES string of the molecule is COc1ccccc1C=NNC(=O)c1nn(Cc2ccc(Cl)cc2)cc1Br. The van der Waals surface area contributed by atoms with Crippen LogP contribution in [-0.4, -0.2) is 29.0 Å². The lowest BCUT2D eigenvalue weighted by molar-refractivity contribution is 0.0948. The molecule has 6 nitrogen and oxygen atoms in total. The lowest BCUT2D eigenvalue weighted by Crippen LogP contribution is -2.19. The van der Waals surface area contributed by atoms with Crippen LogP contribution in [0.2, 0.25) is 5.02 Å². The quantitative estimate of drug-likeness (QED) is 0.456. The second-order valence-electron chi connectivity index (χ2n) is 5.59. The van der Waals surface area contributed by atoms with Crippen molar-refractivity contribution in [1.29, 1.82) is 0 Å². The Labute approximate surface area is 169 Å². The topological polar surface area (TPSA) is 68.5 Å². The number of benzene rings is 2. The summed E-state index contributed by atoms with van der Waals surface area (Å²) < 4.78 is 7.50. The van der Waals surface area contributed by atoms with Crippen LogP contribution in [-0.2, 0) is 6.54 Å². The van der Waals surface area contributed by atoms with Gasteiger partial charge in [-0.1, -0.05) is 35.9 Å². The lowest BCUT2D eigenvalue weighted by atomic mass is 10.2. The van der Waals surface area contributed by atoms with Gasteiger partial charge in [-0.05, 0) is 45.8 Å². The molecule has 1 N–H and O–H groups in total. The van der Waals surface area contributed by atoms with Gasteiger partial charge in [0.1, 0.15) is 5.75 Å². The van der Waals surface area contributed by atoms with Crippen LogP contribution in [0.3, 0.4) is 0 Å². The van der Waals surface area contributed by atoms with Gasteiger partial charge >= 0.3 is 0 Å². The molecule has 0 aliphatic heterocycles.